The van der Waals surface area contributed by atoms with E-state index in [1.807, 2.05) is 36.0 Å². The van der Waals surface area contributed by atoms with E-state index < -0.39 is 6.10 Å². The van der Waals surface area contributed by atoms with Crippen LogP contribution in [0.5, 0.6) is 0 Å². The summed E-state index contributed by atoms with van der Waals surface area (Å²) in [6.07, 6.45) is 4.62. The lowest BCUT2D eigenvalue weighted by Gasteiger charge is -2.30. The highest BCUT2D eigenvalue weighted by Crippen LogP contribution is 2.31. The molecular weight excluding hydrogens is 308 g/mol. The maximum Gasteiger partial charge on any atom is 0.315 e. The number of urea groups is 1. The molecule has 1 fully saturated rings. The van der Waals surface area contributed by atoms with Crippen LogP contribution in [0.1, 0.15) is 49.8 Å². The number of fused-ring (bicyclic) bond motifs is 1. The standard InChI is InChI=1S/C18H26N2O2S/c1-2-23-14-8-5-7-13(11-14)19-18(22)20-17-15-9-4-3-6-12(15)10-16(17)21/h3-4,6,9,13-14,16-17,21H,2,5,7-8,10-11H2,1H3,(H2,19,20,22). The fourth-order valence-electron chi connectivity index (χ4n) is 3.78. The van der Waals surface area contributed by atoms with Crippen molar-refractivity contribution in [3.63, 3.8) is 0 Å². The number of hydrogen-bond donors (Lipinski definition) is 3. The van der Waals surface area contributed by atoms with Crippen LogP contribution in [0.3, 0.4) is 0 Å². The van der Waals surface area contributed by atoms with Gasteiger partial charge in [-0.2, -0.15) is 11.8 Å². The van der Waals surface area contributed by atoms with Crippen molar-refractivity contribution in [2.45, 2.75) is 62.5 Å². The van der Waals surface area contributed by atoms with Crippen LogP contribution in [0.2, 0.25) is 0 Å². The summed E-state index contributed by atoms with van der Waals surface area (Å²) in [4.78, 5) is 12.3. The molecule has 0 aliphatic heterocycles. The van der Waals surface area contributed by atoms with E-state index in [0.717, 1.165) is 29.7 Å². The first-order valence-electron chi connectivity index (χ1n) is 8.62. The Morgan fingerprint density at radius 2 is 2.13 bits per heavy atom. The number of carbonyl (C=O) groups excluding carboxylic acids is 1. The molecule has 2 aliphatic rings. The van der Waals surface area contributed by atoms with Gasteiger partial charge in [-0.15, -0.1) is 0 Å². The summed E-state index contributed by atoms with van der Waals surface area (Å²) in [5, 5.41) is 17.0. The molecule has 0 heterocycles. The maximum atomic E-state index is 12.3. The Morgan fingerprint density at radius 1 is 1.30 bits per heavy atom. The molecule has 0 spiro atoms. The van der Waals surface area contributed by atoms with E-state index in [2.05, 4.69) is 17.6 Å². The zero-order valence-electron chi connectivity index (χ0n) is 13.6. The van der Waals surface area contributed by atoms with Crippen LogP contribution in [-0.4, -0.2) is 34.3 Å². The van der Waals surface area contributed by atoms with Crippen molar-refractivity contribution in [2.75, 3.05) is 5.75 Å². The highest BCUT2D eigenvalue weighted by molar-refractivity contribution is 7.99. The Balaban J connectivity index is 1.55. The number of hydrogen-bond acceptors (Lipinski definition) is 3. The molecule has 3 N–H and O–H groups in total. The Hall–Kier alpha value is -1.20. The van der Waals surface area contributed by atoms with E-state index in [1.165, 1.54) is 12.8 Å². The van der Waals surface area contributed by atoms with Crippen molar-refractivity contribution in [3.8, 4) is 0 Å². The summed E-state index contributed by atoms with van der Waals surface area (Å²) in [5.74, 6) is 1.13. The summed E-state index contributed by atoms with van der Waals surface area (Å²) < 4.78 is 0. The van der Waals surface area contributed by atoms with Crippen LogP contribution >= 0.6 is 11.8 Å². The lowest BCUT2D eigenvalue weighted by molar-refractivity contribution is 0.141. The lowest BCUT2D eigenvalue weighted by Crippen LogP contribution is -2.47. The Labute approximate surface area is 142 Å². The summed E-state index contributed by atoms with van der Waals surface area (Å²) >= 11 is 2.00. The third-order valence-electron chi connectivity index (χ3n) is 4.85. The first-order valence-corrected chi connectivity index (χ1v) is 9.66. The molecule has 5 heteroatoms. The highest BCUT2D eigenvalue weighted by Gasteiger charge is 2.32. The van der Waals surface area contributed by atoms with Crippen LogP contribution in [0.15, 0.2) is 24.3 Å². The van der Waals surface area contributed by atoms with Gasteiger partial charge in [0.2, 0.25) is 0 Å². The van der Waals surface area contributed by atoms with Crippen molar-refractivity contribution in [3.05, 3.63) is 35.4 Å². The average Bonchev–Trinajstić information content (AvgIpc) is 2.84. The van der Waals surface area contributed by atoms with Gasteiger partial charge in [-0.3, -0.25) is 0 Å². The molecule has 4 unspecified atom stereocenters. The van der Waals surface area contributed by atoms with Crippen LogP contribution in [0.25, 0.3) is 0 Å². The average molecular weight is 334 g/mol. The molecule has 2 amide bonds. The van der Waals surface area contributed by atoms with Gasteiger partial charge in [0.05, 0.1) is 12.1 Å². The fraction of sp³-hybridized carbons (Fsp3) is 0.611. The first-order chi connectivity index (χ1) is 11.2. The molecule has 4 atom stereocenters. The maximum absolute atomic E-state index is 12.3. The zero-order valence-corrected chi connectivity index (χ0v) is 14.4. The monoisotopic (exact) mass is 334 g/mol. The Morgan fingerprint density at radius 3 is 2.96 bits per heavy atom. The van der Waals surface area contributed by atoms with Gasteiger partial charge in [0.1, 0.15) is 0 Å². The largest absolute Gasteiger partial charge is 0.390 e. The molecule has 1 aromatic rings. The van der Waals surface area contributed by atoms with Crippen molar-refractivity contribution < 1.29 is 9.90 Å². The smallest absolute Gasteiger partial charge is 0.315 e. The van der Waals surface area contributed by atoms with Gasteiger partial charge in [-0.25, -0.2) is 4.79 Å². The van der Waals surface area contributed by atoms with Gasteiger partial charge in [0.15, 0.2) is 0 Å². The number of amides is 2. The third-order valence-corrected chi connectivity index (χ3v) is 6.09. The zero-order chi connectivity index (χ0) is 16.2. The molecular formula is C18H26N2O2S. The van der Waals surface area contributed by atoms with E-state index >= 15 is 0 Å². The fourth-order valence-corrected chi connectivity index (χ4v) is 4.95. The van der Waals surface area contributed by atoms with Crippen molar-refractivity contribution in [1.82, 2.24) is 10.6 Å². The predicted molar refractivity (Wildman–Crippen MR) is 94.7 cm³/mol. The van der Waals surface area contributed by atoms with Crippen LogP contribution in [-0.2, 0) is 6.42 Å². The predicted octanol–water partition coefficient (Wildman–Crippen LogP) is 3.01. The second-order valence-electron chi connectivity index (χ2n) is 6.51. The molecule has 0 bridgehead atoms. The van der Waals surface area contributed by atoms with E-state index in [0.29, 0.717) is 11.7 Å². The highest BCUT2D eigenvalue weighted by atomic mass is 32.2. The Bertz CT molecular complexity index is 550. The summed E-state index contributed by atoms with van der Waals surface area (Å²) in [6.45, 7) is 2.19. The van der Waals surface area contributed by atoms with E-state index in [1.54, 1.807) is 0 Å². The van der Waals surface area contributed by atoms with Crippen molar-refractivity contribution in [2.24, 2.45) is 0 Å². The van der Waals surface area contributed by atoms with Crippen LogP contribution in [0, 0.1) is 0 Å². The summed E-state index contributed by atoms with van der Waals surface area (Å²) in [5.41, 5.74) is 2.17. The van der Waals surface area contributed by atoms with Crippen molar-refractivity contribution in [1.29, 1.82) is 0 Å². The number of aliphatic hydroxyl groups is 1. The molecule has 4 nitrogen and oxygen atoms in total. The number of carbonyl (C=O) groups is 1. The second-order valence-corrected chi connectivity index (χ2v) is 8.08. The normalized spacial score (nSPS) is 29.8. The number of rotatable bonds is 4. The number of thioether (sulfide) groups is 1. The molecule has 0 radical (unpaired) electrons. The third kappa shape index (κ3) is 4.01. The van der Waals surface area contributed by atoms with E-state index in [-0.39, 0.29) is 18.1 Å². The van der Waals surface area contributed by atoms with Gasteiger partial charge in [0, 0.05) is 17.7 Å². The number of benzene rings is 1. The number of aliphatic hydroxyl groups excluding tert-OH is 1. The van der Waals surface area contributed by atoms with Crippen LogP contribution < -0.4 is 10.6 Å². The van der Waals surface area contributed by atoms with Gasteiger partial charge in [0.25, 0.3) is 0 Å². The number of nitrogens with one attached hydrogen (secondary N) is 2. The summed E-state index contributed by atoms with van der Waals surface area (Å²) in [6, 6.07) is 7.74. The van der Waals surface area contributed by atoms with Gasteiger partial charge in [-0.1, -0.05) is 37.6 Å². The SMILES string of the molecule is CCSC1CCCC(NC(=O)NC2c3ccccc3CC2O)C1. The molecule has 0 aromatic heterocycles. The van der Waals surface area contributed by atoms with Crippen LogP contribution in [0.4, 0.5) is 4.79 Å². The lowest BCUT2D eigenvalue weighted by atomic mass is 9.95. The Kier molecular flexibility index (Phi) is 5.49. The van der Waals surface area contributed by atoms with E-state index in [4.69, 9.17) is 0 Å². The molecule has 1 aromatic carbocycles. The van der Waals surface area contributed by atoms with Crippen molar-refractivity contribution >= 4 is 17.8 Å². The topological polar surface area (TPSA) is 61.4 Å². The molecule has 23 heavy (non-hydrogen) atoms. The quantitative estimate of drug-likeness (QED) is 0.793. The molecule has 1 saturated carbocycles. The van der Waals surface area contributed by atoms with Gasteiger partial charge in [-0.05, 0) is 36.1 Å². The van der Waals surface area contributed by atoms with Gasteiger partial charge >= 0.3 is 6.03 Å². The minimum absolute atomic E-state index is 0.155. The first kappa shape index (κ1) is 16.7. The van der Waals surface area contributed by atoms with E-state index in [9.17, 15) is 9.90 Å². The van der Waals surface area contributed by atoms with Gasteiger partial charge < -0.3 is 15.7 Å². The molecule has 2 aliphatic carbocycles. The molecule has 0 saturated heterocycles. The second kappa shape index (κ2) is 7.58. The minimum Gasteiger partial charge on any atom is -0.390 e. The molecule has 3 rings (SSSR count). The minimum atomic E-state index is -0.534. The molecule has 126 valence electrons. The summed E-state index contributed by atoms with van der Waals surface area (Å²) in [7, 11) is 0.